The van der Waals surface area contributed by atoms with Gasteiger partial charge < -0.3 is 5.11 Å². The van der Waals surface area contributed by atoms with E-state index >= 15 is 0 Å². The lowest BCUT2D eigenvalue weighted by molar-refractivity contribution is -0.137. The van der Waals surface area contributed by atoms with Crippen LogP contribution in [0.3, 0.4) is 0 Å². The summed E-state index contributed by atoms with van der Waals surface area (Å²) in [7, 11) is 0. The molecule has 1 aliphatic rings. The second kappa shape index (κ2) is 5.89. The van der Waals surface area contributed by atoms with Crippen LogP contribution in [0, 0.1) is 11.8 Å². The van der Waals surface area contributed by atoms with E-state index in [9.17, 15) is 9.59 Å². The zero-order valence-corrected chi connectivity index (χ0v) is 9.37. The molecule has 0 bridgehead atoms. The zero-order chi connectivity index (χ0) is 11.3. The lowest BCUT2D eigenvalue weighted by Gasteiger charge is -2.12. The Morgan fingerprint density at radius 3 is 2.67 bits per heavy atom. The Hall–Kier alpha value is -0.860. The third kappa shape index (κ3) is 4.02. The fourth-order valence-electron chi connectivity index (χ4n) is 2.34. The van der Waals surface area contributed by atoms with Crippen LogP contribution in [-0.2, 0) is 9.59 Å². The summed E-state index contributed by atoms with van der Waals surface area (Å²) in [6, 6.07) is 0. The minimum absolute atomic E-state index is 0.258. The fraction of sp³-hybridized carbons (Fsp3) is 0.833. The largest absolute Gasteiger partial charge is 0.481 e. The van der Waals surface area contributed by atoms with Crippen molar-refractivity contribution in [2.45, 2.75) is 51.9 Å². The lowest BCUT2D eigenvalue weighted by Crippen LogP contribution is -2.12. The SMILES string of the molecule is CC1CCC(=O)C1CCCCCC(=O)O. The molecule has 0 amide bonds. The molecule has 3 nitrogen and oxygen atoms in total. The number of hydrogen-bond donors (Lipinski definition) is 1. The zero-order valence-electron chi connectivity index (χ0n) is 9.37. The minimum atomic E-state index is -0.722. The van der Waals surface area contributed by atoms with Crippen molar-refractivity contribution in [2.75, 3.05) is 0 Å². The Morgan fingerprint density at radius 1 is 1.40 bits per heavy atom. The molecule has 1 aliphatic carbocycles. The van der Waals surface area contributed by atoms with E-state index in [0.29, 0.717) is 11.7 Å². The molecule has 2 atom stereocenters. The standard InChI is InChI=1S/C12H20O3/c1-9-7-8-11(13)10(9)5-3-2-4-6-12(14)15/h9-10H,2-8H2,1H3,(H,14,15). The number of Topliss-reactive ketones (excluding diaryl/α,β-unsaturated/α-hetero) is 1. The molecule has 1 fully saturated rings. The first-order valence-electron chi connectivity index (χ1n) is 5.85. The maximum absolute atomic E-state index is 11.5. The average Bonchev–Trinajstić information content (AvgIpc) is 2.47. The van der Waals surface area contributed by atoms with Crippen molar-refractivity contribution in [3.05, 3.63) is 0 Å². The van der Waals surface area contributed by atoms with E-state index < -0.39 is 5.97 Å². The number of hydrogen-bond acceptors (Lipinski definition) is 2. The summed E-state index contributed by atoms with van der Waals surface area (Å²) in [5, 5.41) is 8.45. The van der Waals surface area contributed by atoms with Crippen molar-refractivity contribution in [3.8, 4) is 0 Å². The van der Waals surface area contributed by atoms with Gasteiger partial charge in [0.25, 0.3) is 0 Å². The molecule has 0 aromatic carbocycles. The van der Waals surface area contributed by atoms with Gasteiger partial charge in [0, 0.05) is 18.8 Å². The average molecular weight is 212 g/mol. The Kier molecular flexibility index (Phi) is 4.79. The number of carboxylic acids is 1. The van der Waals surface area contributed by atoms with Gasteiger partial charge in [0.2, 0.25) is 0 Å². The first-order valence-corrected chi connectivity index (χ1v) is 5.85. The van der Waals surface area contributed by atoms with Crippen LogP contribution in [0.15, 0.2) is 0 Å². The lowest BCUT2D eigenvalue weighted by atomic mass is 9.91. The molecular formula is C12H20O3. The van der Waals surface area contributed by atoms with Crippen LogP contribution in [-0.4, -0.2) is 16.9 Å². The monoisotopic (exact) mass is 212 g/mol. The van der Waals surface area contributed by atoms with Gasteiger partial charge in [-0.05, 0) is 25.2 Å². The van der Waals surface area contributed by atoms with E-state index in [4.69, 9.17) is 5.11 Å². The van der Waals surface area contributed by atoms with Gasteiger partial charge in [0.1, 0.15) is 5.78 Å². The Balaban J connectivity index is 2.09. The Bertz CT molecular complexity index is 235. The van der Waals surface area contributed by atoms with Crippen LogP contribution in [0.2, 0.25) is 0 Å². The smallest absolute Gasteiger partial charge is 0.303 e. The summed E-state index contributed by atoms with van der Waals surface area (Å²) in [6.45, 7) is 2.15. The van der Waals surface area contributed by atoms with Crippen LogP contribution in [0.5, 0.6) is 0 Å². The number of aliphatic carboxylic acids is 1. The van der Waals surface area contributed by atoms with Crippen molar-refractivity contribution in [1.29, 1.82) is 0 Å². The highest BCUT2D eigenvalue weighted by Gasteiger charge is 2.30. The van der Waals surface area contributed by atoms with Crippen LogP contribution in [0.1, 0.15) is 51.9 Å². The van der Waals surface area contributed by atoms with Gasteiger partial charge in [0.15, 0.2) is 0 Å². The van der Waals surface area contributed by atoms with Crippen molar-refractivity contribution in [2.24, 2.45) is 11.8 Å². The van der Waals surface area contributed by atoms with Gasteiger partial charge in [-0.15, -0.1) is 0 Å². The van der Waals surface area contributed by atoms with Gasteiger partial charge in [-0.3, -0.25) is 9.59 Å². The van der Waals surface area contributed by atoms with Gasteiger partial charge in [-0.2, -0.15) is 0 Å². The van der Waals surface area contributed by atoms with Gasteiger partial charge in [-0.25, -0.2) is 0 Å². The molecule has 2 unspecified atom stereocenters. The highest BCUT2D eigenvalue weighted by molar-refractivity contribution is 5.83. The Labute approximate surface area is 90.9 Å². The summed E-state index contributed by atoms with van der Waals surface area (Å²) in [6.07, 6.45) is 5.68. The summed E-state index contributed by atoms with van der Waals surface area (Å²) in [4.78, 5) is 21.7. The maximum atomic E-state index is 11.5. The summed E-state index contributed by atoms with van der Waals surface area (Å²) >= 11 is 0. The number of ketones is 1. The number of unbranched alkanes of at least 4 members (excludes halogenated alkanes) is 2. The van der Waals surface area contributed by atoms with Gasteiger partial charge in [-0.1, -0.05) is 19.8 Å². The topological polar surface area (TPSA) is 54.4 Å². The van der Waals surface area contributed by atoms with E-state index in [2.05, 4.69) is 6.92 Å². The number of carbonyl (C=O) groups is 2. The molecule has 0 radical (unpaired) electrons. The second-order valence-corrected chi connectivity index (χ2v) is 4.58. The molecule has 0 spiro atoms. The minimum Gasteiger partial charge on any atom is -0.481 e. The fourth-order valence-corrected chi connectivity index (χ4v) is 2.34. The normalized spacial score (nSPS) is 25.8. The highest BCUT2D eigenvalue weighted by atomic mass is 16.4. The molecule has 1 N–H and O–H groups in total. The van der Waals surface area contributed by atoms with Gasteiger partial charge in [0.05, 0.1) is 0 Å². The third-order valence-electron chi connectivity index (χ3n) is 3.35. The quantitative estimate of drug-likeness (QED) is 0.688. The van der Waals surface area contributed by atoms with E-state index in [1.54, 1.807) is 0 Å². The molecule has 0 aromatic heterocycles. The van der Waals surface area contributed by atoms with E-state index in [1.807, 2.05) is 0 Å². The molecule has 3 heteroatoms. The summed E-state index contributed by atoms with van der Waals surface area (Å²) in [5.74, 6) is 0.493. The highest BCUT2D eigenvalue weighted by Crippen LogP contribution is 2.32. The van der Waals surface area contributed by atoms with E-state index in [1.165, 1.54) is 0 Å². The molecular weight excluding hydrogens is 192 g/mol. The molecule has 0 aromatic rings. The number of rotatable bonds is 6. The maximum Gasteiger partial charge on any atom is 0.303 e. The van der Waals surface area contributed by atoms with Crippen molar-refractivity contribution < 1.29 is 14.7 Å². The second-order valence-electron chi connectivity index (χ2n) is 4.58. The van der Waals surface area contributed by atoms with Crippen molar-refractivity contribution in [1.82, 2.24) is 0 Å². The first kappa shape index (κ1) is 12.2. The summed E-state index contributed by atoms with van der Waals surface area (Å²) in [5.41, 5.74) is 0. The van der Waals surface area contributed by atoms with Crippen LogP contribution in [0.4, 0.5) is 0 Å². The Morgan fingerprint density at radius 2 is 2.13 bits per heavy atom. The molecule has 0 heterocycles. The van der Waals surface area contributed by atoms with Crippen molar-refractivity contribution in [3.63, 3.8) is 0 Å². The van der Waals surface area contributed by atoms with Crippen LogP contribution >= 0.6 is 0 Å². The molecule has 1 rings (SSSR count). The van der Waals surface area contributed by atoms with E-state index in [0.717, 1.165) is 38.5 Å². The van der Waals surface area contributed by atoms with Gasteiger partial charge >= 0.3 is 5.97 Å². The molecule has 86 valence electrons. The summed E-state index contributed by atoms with van der Waals surface area (Å²) < 4.78 is 0. The molecule has 0 aliphatic heterocycles. The predicted molar refractivity (Wildman–Crippen MR) is 57.6 cm³/mol. The van der Waals surface area contributed by atoms with Crippen molar-refractivity contribution >= 4 is 11.8 Å². The predicted octanol–water partition coefficient (Wildman–Crippen LogP) is 2.64. The molecule has 0 saturated heterocycles. The van der Waals surface area contributed by atoms with Crippen LogP contribution in [0.25, 0.3) is 0 Å². The third-order valence-corrected chi connectivity index (χ3v) is 3.35. The number of carbonyl (C=O) groups excluding carboxylic acids is 1. The first-order chi connectivity index (χ1) is 7.11. The van der Waals surface area contributed by atoms with Crippen LogP contribution < -0.4 is 0 Å². The van der Waals surface area contributed by atoms with E-state index in [-0.39, 0.29) is 12.3 Å². The molecule has 1 saturated carbocycles. The number of carboxylic acid groups (broad SMARTS) is 1. The molecule has 15 heavy (non-hydrogen) atoms.